The molecule has 0 amide bonds. The fourth-order valence-electron chi connectivity index (χ4n) is 2.86. The van der Waals surface area contributed by atoms with E-state index in [0.717, 1.165) is 26.1 Å². The molecule has 2 heteroatoms. The SMILES string of the molecule is Cc1cc(C)c(CCN(C)CC2(CN)CC2)cc1C. The molecule has 1 fully saturated rings. The van der Waals surface area contributed by atoms with E-state index < -0.39 is 0 Å². The summed E-state index contributed by atoms with van der Waals surface area (Å²) in [4.78, 5) is 2.45. The molecule has 2 nitrogen and oxygen atoms in total. The Hall–Kier alpha value is -0.860. The Kier molecular flexibility index (Phi) is 4.32. The van der Waals surface area contributed by atoms with Gasteiger partial charge in [-0.1, -0.05) is 12.1 Å². The van der Waals surface area contributed by atoms with Crippen LogP contribution < -0.4 is 5.73 Å². The van der Waals surface area contributed by atoms with Crippen molar-refractivity contribution in [2.45, 2.75) is 40.0 Å². The van der Waals surface area contributed by atoms with E-state index in [-0.39, 0.29) is 0 Å². The Bertz CT molecular complexity index is 447. The van der Waals surface area contributed by atoms with Crippen LogP contribution in [0.5, 0.6) is 0 Å². The van der Waals surface area contributed by atoms with Crippen molar-refractivity contribution in [3.8, 4) is 0 Å². The first-order chi connectivity index (χ1) is 8.96. The molecule has 106 valence electrons. The highest BCUT2D eigenvalue weighted by Gasteiger charge is 2.41. The lowest BCUT2D eigenvalue weighted by molar-refractivity contribution is 0.269. The Balaban J connectivity index is 1.90. The summed E-state index contributed by atoms with van der Waals surface area (Å²) in [5.74, 6) is 0. The molecule has 0 saturated heterocycles. The molecule has 1 aromatic rings. The summed E-state index contributed by atoms with van der Waals surface area (Å²) in [6.07, 6.45) is 3.77. The second kappa shape index (κ2) is 5.64. The summed E-state index contributed by atoms with van der Waals surface area (Å²) < 4.78 is 0. The monoisotopic (exact) mass is 260 g/mol. The van der Waals surface area contributed by atoms with Crippen molar-refractivity contribution in [2.24, 2.45) is 11.1 Å². The molecule has 1 aromatic carbocycles. The number of benzene rings is 1. The van der Waals surface area contributed by atoms with Crippen molar-refractivity contribution in [1.29, 1.82) is 0 Å². The molecule has 0 aromatic heterocycles. The first-order valence-electron chi connectivity index (χ1n) is 7.41. The molecule has 1 saturated carbocycles. The zero-order valence-corrected chi connectivity index (χ0v) is 12.9. The summed E-state index contributed by atoms with van der Waals surface area (Å²) in [7, 11) is 2.23. The van der Waals surface area contributed by atoms with E-state index in [2.05, 4.69) is 44.9 Å². The zero-order valence-electron chi connectivity index (χ0n) is 12.9. The number of rotatable bonds is 6. The van der Waals surface area contributed by atoms with E-state index in [1.54, 1.807) is 0 Å². The van der Waals surface area contributed by atoms with Crippen molar-refractivity contribution < 1.29 is 0 Å². The van der Waals surface area contributed by atoms with Crippen molar-refractivity contribution >= 4 is 0 Å². The average molecular weight is 260 g/mol. The largest absolute Gasteiger partial charge is 0.330 e. The Morgan fingerprint density at radius 1 is 1.11 bits per heavy atom. The molecule has 0 radical (unpaired) electrons. The van der Waals surface area contributed by atoms with Gasteiger partial charge in [-0.2, -0.15) is 0 Å². The maximum Gasteiger partial charge on any atom is 0.00471 e. The predicted octanol–water partition coefficient (Wildman–Crippen LogP) is 2.83. The van der Waals surface area contributed by atoms with Crippen LogP contribution >= 0.6 is 0 Å². The van der Waals surface area contributed by atoms with E-state index in [9.17, 15) is 0 Å². The fourth-order valence-corrected chi connectivity index (χ4v) is 2.86. The highest BCUT2D eigenvalue weighted by Crippen LogP contribution is 2.44. The van der Waals surface area contributed by atoms with Gasteiger partial charge >= 0.3 is 0 Å². The van der Waals surface area contributed by atoms with E-state index >= 15 is 0 Å². The zero-order chi connectivity index (χ0) is 14.0. The third-order valence-corrected chi connectivity index (χ3v) is 4.71. The van der Waals surface area contributed by atoms with Gasteiger partial charge in [-0.25, -0.2) is 0 Å². The van der Waals surface area contributed by atoms with Crippen LogP contribution in [0.1, 0.15) is 35.1 Å². The van der Waals surface area contributed by atoms with Gasteiger partial charge < -0.3 is 10.6 Å². The highest BCUT2D eigenvalue weighted by molar-refractivity contribution is 5.36. The van der Waals surface area contributed by atoms with Crippen molar-refractivity contribution in [3.05, 3.63) is 34.4 Å². The van der Waals surface area contributed by atoms with Gasteiger partial charge in [0.05, 0.1) is 0 Å². The smallest absolute Gasteiger partial charge is 0.00471 e. The number of nitrogens with zero attached hydrogens (tertiary/aromatic N) is 1. The minimum absolute atomic E-state index is 0.451. The Morgan fingerprint density at radius 2 is 1.74 bits per heavy atom. The van der Waals surface area contributed by atoms with E-state index in [4.69, 9.17) is 5.73 Å². The molecular formula is C17H28N2. The number of hydrogen-bond donors (Lipinski definition) is 1. The van der Waals surface area contributed by atoms with Gasteiger partial charge in [0.2, 0.25) is 0 Å². The first kappa shape index (κ1) is 14.5. The van der Waals surface area contributed by atoms with E-state index in [1.807, 2.05) is 0 Å². The minimum Gasteiger partial charge on any atom is -0.330 e. The molecule has 19 heavy (non-hydrogen) atoms. The number of nitrogens with two attached hydrogens (primary N) is 1. The first-order valence-corrected chi connectivity index (χ1v) is 7.41. The summed E-state index contributed by atoms with van der Waals surface area (Å²) in [6.45, 7) is 9.76. The van der Waals surface area contributed by atoms with Crippen LogP contribution in [-0.4, -0.2) is 31.6 Å². The van der Waals surface area contributed by atoms with Crippen molar-refractivity contribution in [2.75, 3.05) is 26.7 Å². The van der Waals surface area contributed by atoms with Crippen molar-refractivity contribution in [1.82, 2.24) is 4.90 Å². The molecule has 0 atom stereocenters. The average Bonchev–Trinajstić information content (AvgIpc) is 3.12. The van der Waals surface area contributed by atoms with Crippen LogP contribution in [0.25, 0.3) is 0 Å². The van der Waals surface area contributed by atoms with Crippen LogP contribution in [-0.2, 0) is 6.42 Å². The summed E-state index contributed by atoms with van der Waals surface area (Å²) >= 11 is 0. The maximum atomic E-state index is 5.86. The van der Waals surface area contributed by atoms with Gasteiger partial charge in [0.15, 0.2) is 0 Å². The van der Waals surface area contributed by atoms with Gasteiger partial charge in [0.1, 0.15) is 0 Å². The van der Waals surface area contributed by atoms with E-state index in [0.29, 0.717) is 5.41 Å². The highest BCUT2D eigenvalue weighted by atomic mass is 15.1. The molecular weight excluding hydrogens is 232 g/mol. The number of likely N-dealkylation sites (N-methyl/N-ethyl adjacent to an activating group) is 1. The van der Waals surface area contributed by atoms with Crippen LogP contribution in [0, 0.1) is 26.2 Å². The fraction of sp³-hybridized carbons (Fsp3) is 0.647. The lowest BCUT2D eigenvalue weighted by Crippen LogP contribution is -2.32. The van der Waals surface area contributed by atoms with Crippen LogP contribution in [0.15, 0.2) is 12.1 Å². The quantitative estimate of drug-likeness (QED) is 0.852. The van der Waals surface area contributed by atoms with Crippen LogP contribution in [0.4, 0.5) is 0 Å². The van der Waals surface area contributed by atoms with Gasteiger partial charge in [-0.15, -0.1) is 0 Å². The molecule has 0 unspecified atom stereocenters. The van der Waals surface area contributed by atoms with Crippen molar-refractivity contribution in [3.63, 3.8) is 0 Å². The normalized spacial score (nSPS) is 16.9. The van der Waals surface area contributed by atoms with Gasteiger partial charge in [-0.05, 0) is 81.3 Å². The van der Waals surface area contributed by atoms with Crippen LogP contribution in [0.2, 0.25) is 0 Å². The summed E-state index contributed by atoms with van der Waals surface area (Å²) in [5.41, 5.74) is 12.0. The Morgan fingerprint density at radius 3 is 2.32 bits per heavy atom. The molecule has 0 heterocycles. The van der Waals surface area contributed by atoms with Crippen LogP contribution in [0.3, 0.4) is 0 Å². The van der Waals surface area contributed by atoms with E-state index in [1.165, 1.54) is 35.1 Å². The van der Waals surface area contributed by atoms with Gasteiger partial charge in [0.25, 0.3) is 0 Å². The predicted molar refractivity (Wildman–Crippen MR) is 82.6 cm³/mol. The number of hydrogen-bond acceptors (Lipinski definition) is 2. The maximum absolute atomic E-state index is 5.86. The Labute approximate surface area is 118 Å². The second-order valence-electron chi connectivity index (χ2n) is 6.55. The molecule has 0 bridgehead atoms. The standard InChI is InChI=1S/C17H28N2/c1-13-9-15(3)16(10-14(13)2)5-8-19(4)12-17(11-18)6-7-17/h9-10H,5-8,11-12,18H2,1-4H3. The molecule has 1 aliphatic carbocycles. The molecule has 2 N–H and O–H groups in total. The second-order valence-corrected chi connectivity index (χ2v) is 6.55. The summed E-state index contributed by atoms with van der Waals surface area (Å²) in [6, 6.07) is 4.67. The van der Waals surface area contributed by atoms with Gasteiger partial charge in [0, 0.05) is 13.1 Å². The molecule has 0 aliphatic heterocycles. The summed E-state index contributed by atoms with van der Waals surface area (Å²) in [5, 5.41) is 0. The third kappa shape index (κ3) is 3.58. The number of aryl methyl sites for hydroxylation is 3. The third-order valence-electron chi connectivity index (χ3n) is 4.71. The lowest BCUT2D eigenvalue weighted by atomic mass is 9.98. The lowest BCUT2D eigenvalue weighted by Gasteiger charge is -2.23. The molecule has 0 spiro atoms. The molecule has 1 aliphatic rings. The molecule has 2 rings (SSSR count). The topological polar surface area (TPSA) is 29.3 Å². The van der Waals surface area contributed by atoms with Gasteiger partial charge in [-0.3, -0.25) is 0 Å². The minimum atomic E-state index is 0.451.